The lowest BCUT2D eigenvalue weighted by Gasteiger charge is -2.28. The highest BCUT2D eigenvalue weighted by Crippen LogP contribution is 2.28. The van der Waals surface area contributed by atoms with Crippen LogP contribution in [0.2, 0.25) is 0 Å². The Morgan fingerprint density at radius 2 is 1.76 bits per heavy atom. The first-order chi connectivity index (χ1) is 18.2. The van der Waals surface area contributed by atoms with Crippen LogP contribution < -0.4 is 14.8 Å². The second-order valence-electron chi connectivity index (χ2n) is 9.48. The zero-order valence-electron chi connectivity index (χ0n) is 22.6. The van der Waals surface area contributed by atoms with Crippen LogP contribution in [-0.4, -0.2) is 55.6 Å². The number of carbonyl (C=O) groups is 2. The van der Waals surface area contributed by atoms with Gasteiger partial charge in [-0.2, -0.15) is 0 Å². The quantitative estimate of drug-likeness (QED) is 0.337. The third-order valence-electron chi connectivity index (χ3n) is 5.89. The molecule has 3 aromatic rings. The van der Waals surface area contributed by atoms with Gasteiger partial charge in [0.15, 0.2) is 11.5 Å². The van der Waals surface area contributed by atoms with Crippen LogP contribution in [0.4, 0.5) is 14.9 Å². The molecule has 3 rings (SSSR count). The number of urea groups is 1. The summed E-state index contributed by atoms with van der Waals surface area (Å²) in [6.45, 7) is 6.67. The molecule has 9 heteroatoms. The molecule has 0 unspecified atom stereocenters. The molecule has 1 heterocycles. The van der Waals surface area contributed by atoms with Gasteiger partial charge in [0.25, 0.3) is 0 Å². The van der Waals surface area contributed by atoms with Gasteiger partial charge in [-0.15, -0.1) is 0 Å². The van der Waals surface area contributed by atoms with Crippen molar-refractivity contribution in [1.82, 2.24) is 9.80 Å². The normalized spacial score (nSPS) is 10.8. The van der Waals surface area contributed by atoms with Crippen molar-refractivity contribution < 1.29 is 27.9 Å². The molecule has 38 heavy (non-hydrogen) atoms. The summed E-state index contributed by atoms with van der Waals surface area (Å²) < 4.78 is 30.1. The summed E-state index contributed by atoms with van der Waals surface area (Å²) in [5, 5.41) is 2.70. The summed E-state index contributed by atoms with van der Waals surface area (Å²) in [5.41, 5.74) is 1.30. The van der Waals surface area contributed by atoms with Gasteiger partial charge in [0, 0.05) is 18.8 Å². The maximum absolute atomic E-state index is 13.6. The monoisotopic (exact) mass is 525 g/mol. The Morgan fingerprint density at radius 3 is 2.39 bits per heavy atom. The van der Waals surface area contributed by atoms with E-state index < -0.39 is 11.8 Å². The number of methoxy groups -OCH3 is 2. The summed E-state index contributed by atoms with van der Waals surface area (Å²) in [5.74, 6) is 2.09. The van der Waals surface area contributed by atoms with Crippen molar-refractivity contribution in [2.24, 2.45) is 5.92 Å². The summed E-state index contributed by atoms with van der Waals surface area (Å²) >= 11 is 0. The van der Waals surface area contributed by atoms with Gasteiger partial charge in [0.2, 0.25) is 5.91 Å². The Hall–Kier alpha value is -4.01. The molecule has 1 aromatic heterocycles. The van der Waals surface area contributed by atoms with Crippen LogP contribution in [0.25, 0.3) is 0 Å². The van der Waals surface area contributed by atoms with E-state index in [-0.39, 0.29) is 24.9 Å². The van der Waals surface area contributed by atoms with Gasteiger partial charge in [0.05, 0.1) is 20.8 Å². The summed E-state index contributed by atoms with van der Waals surface area (Å²) in [6.07, 6.45) is 0.561. The first-order valence-electron chi connectivity index (χ1n) is 12.5. The van der Waals surface area contributed by atoms with Crippen LogP contribution in [-0.2, 0) is 17.8 Å². The van der Waals surface area contributed by atoms with Gasteiger partial charge in [-0.3, -0.25) is 4.79 Å². The van der Waals surface area contributed by atoms with Crippen molar-refractivity contribution in [3.8, 4) is 11.5 Å². The van der Waals surface area contributed by atoms with Gasteiger partial charge in [-0.05, 0) is 67.3 Å². The second-order valence-corrected chi connectivity index (χ2v) is 9.48. The van der Waals surface area contributed by atoms with Gasteiger partial charge < -0.3 is 29.0 Å². The Labute approximate surface area is 223 Å². The van der Waals surface area contributed by atoms with Crippen LogP contribution in [0, 0.1) is 18.7 Å². The number of ether oxygens (including phenoxy) is 2. The van der Waals surface area contributed by atoms with E-state index in [0.29, 0.717) is 42.5 Å². The van der Waals surface area contributed by atoms with Gasteiger partial charge in [-0.1, -0.05) is 26.0 Å². The lowest BCUT2D eigenvalue weighted by atomic mass is 10.1. The summed E-state index contributed by atoms with van der Waals surface area (Å²) in [6, 6.07) is 14.5. The summed E-state index contributed by atoms with van der Waals surface area (Å²) in [4.78, 5) is 29.8. The van der Waals surface area contributed by atoms with E-state index in [2.05, 4.69) is 5.32 Å². The predicted molar refractivity (Wildman–Crippen MR) is 144 cm³/mol. The third kappa shape index (κ3) is 8.26. The van der Waals surface area contributed by atoms with E-state index in [9.17, 15) is 14.0 Å². The highest BCUT2D eigenvalue weighted by molar-refractivity contribution is 5.92. The number of furan rings is 1. The van der Waals surface area contributed by atoms with Gasteiger partial charge in [0.1, 0.15) is 23.9 Å². The number of nitrogens with zero attached hydrogens (tertiary/aromatic N) is 2. The lowest BCUT2D eigenvalue weighted by Crippen LogP contribution is -2.46. The number of nitrogens with one attached hydrogen (secondary N) is 1. The highest BCUT2D eigenvalue weighted by atomic mass is 19.1. The van der Waals surface area contributed by atoms with Crippen molar-refractivity contribution in [2.75, 3.05) is 39.2 Å². The van der Waals surface area contributed by atoms with Crippen LogP contribution in [0.5, 0.6) is 11.5 Å². The van der Waals surface area contributed by atoms with E-state index in [4.69, 9.17) is 13.9 Å². The number of hydrogen-bond acceptors (Lipinski definition) is 5. The smallest absolute Gasteiger partial charge is 0.322 e. The minimum atomic E-state index is -0.466. The predicted octanol–water partition coefficient (Wildman–Crippen LogP) is 5.51. The zero-order valence-corrected chi connectivity index (χ0v) is 22.6. The minimum absolute atomic E-state index is 0.119. The minimum Gasteiger partial charge on any atom is -0.493 e. The second kappa shape index (κ2) is 13.5. The Morgan fingerprint density at radius 1 is 1.00 bits per heavy atom. The van der Waals surface area contributed by atoms with E-state index in [1.807, 2.05) is 51.1 Å². The largest absolute Gasteiger partial charge is 0.493 e. The Bertz CT molecular complexity index is 1230. The summed E-state index contributed by atoms with van der Waals surface area (Å²) in [7, 11) is 3.16. The molecule has 0 aliphatic carbocycles. The van der Waals surface area contributed by atoms with Crippen LogP contribution in [0.1, 0.15) is 30.9 Å². The lowest BCUT2D eigenvalue weighted by molar-refractivity contribution is -0.132. The topological polar surface area (TPSA) is 84.2 Å². The van der Waals surface area contributed by atoms with Crippen molar-refractivity contribution >= 4 is 17.6 Å². The molecule has 0 fully saturated rings. The van der Waals surface area contributed by atoms with Crippen LogP contribution in [0.15, 0.2) is 59.0 Å². The number of rotatable bonds is 12. The Balaban J connectivity index is 1.77. The SMILES string of the molecule is COc1ccc(CCN(Cc2ccc(C)o2)C(=O)CN(CC(C)C)C(=O)Nc2cccc(F)c2)cc1OC. The molecule has 0 atom stereocenters. The Kier molecular flexibility index (Phi) is 10.2. The average molecular weight is 526 g/mol. The molecule has 1 N–H and O–H groups in total. The number of amides is 3. The molecule has 0 bridgehead atoms. The number of hydrogen-bond donors (Lipinski definition) is 1. The number of anilines is 1. The maximum atomic E-state index is 13.6. The number of benzene rings is 2. The van der Waals surface area contributed by atoms with Crippen molar-refractivity contribution in [3.05, 3.63) is 77.5 Å². The fraction of sp³-hybridized carbons (Fsp3) is 0.379. The molecule has 0 saturated carbocycles. The fourth-order valence-corrected chi connectivity index (χ4v) is 4.04. The number of halogens is 1. The first-order valence-corrected chi connectivity index (χ1v) is 12.5. The third-order valence-corrected chi connectivity index (χ3v) is 5.89. The van der Waals surface area contributed by atoms with E-state index in [0.717, 1.165) is 11.3 Å². The van der Waals surface area contributed by atoms with Crippen LogP contribution >= 0.6 is 0 Å². The van der Waals surface area contributed by atoms with E-state index in [1.165, 1.54) is 23.1 Å². The molecule has 0 spiro atoms. The number of carbonyl (C=O) groups excluding carboxylic acids is 2. The molecule has 2 aromatic carbocycles. The van der Waals surface area contributed by atoms with Crippen molar-refractivity contribution in [2.45, 2.75) is 33.7 Å². The first kappa shape index (κ1) is 28.6. The maximum Gasteiger partial charge on any atom is 0.322 e. The van der Waals surface area contributed by atoms with E-state index in [1.54, 1.807) is 25.2 Å². The van der Waals surface area contributed by atoms with Crippen LogP contribution in [0.3, 0.4) is 0 Å². The molecular formula is C29H36FN3O5. The fourth-order valence-electron chi connectivity index (χ4n) is 4.04. The van der Waals surface area contributed by atoms with Gasteiger partial charge in [-0.25, -0.2) is 9.18 Å². The molecule has 0 aliphatic heterocycles. The van der Waals surface area contributed by atoms with Crippen molar-refractivity contribution in [3.63, 3.8) is 0 Å². The molecule has 0 radical (unpaired) electrons. The molecule has 8 nitrogen and oxygen atoms in total. The molecule has 204 valence electrons. The molecular weight excluding hydrogens is 489 g/mol. The molecule has 0 aliphatic rings. The van der Waals surface area contributed by atoms with Gasteiger partial charge >= 0.3 is 6.03 Å². The average Bonchev–Trinajstić information content (AvgIpc) is 3.29. The standard InChI is InChI=1S/C29H36FN3O5/c1-20(2)17-33(29(35)31-24-8-6-7-23(30)16-24)19-28(34)32(18-25-11-9-21(3)38-25)14-13-22-10-12-26(36-4)27(15-22)37-5/h6-12,15-16,20H,13-14,17-19H2,1-5H3,(H,31,35). The zero-order chi connectivity index (χ0) is 27.7. The molecule has 0 saturated heterocycles. The van der Waals surface area contributed by atoms with Crippen molar-refractivity contribution in [1.29, 1.82) is 0 Å². The highest BCUT2D eigenvalue weighted by Gasteiger charge is 2.23. The molecule has 3 amide bonds. The number of aryl methyl sites for hydroxylation is 1. The van der Waals surface area contributed by atoms with E-state index >= 15 is 0 Å².